The highest BCUT2D eigenvalue weighted by Crippen LogP contribution is 2.27. The molecule has 2 nitrogen and oxygen atoms in total. The molecule has 0 atom stereocenters. The third-order valence-electron chi connectivity index (χ3n) is 2.15. The van der Waals surface area contributed by atoms with Gasteiger partial charge in [-0.2, -0.15) is 0 Å². The molecule has 16 heavy (non-hydrogen) atoms. The normalized spacial score (nSPS) is 11.3. The summed E-state index contributed by atoms with van der Waals surface area (Å²) in [6.07, 6.45) is 0.531. The number of carbonyl (C=O) groups is 1. The summed E-state index contributed by atoms with van der Waals surface area (Å²) < 4.78 is 6.26. The van der Waals surface area contributed by atoms with Crippen molar-refractivity contribution in [3.05, 3.63) is 27.3 Å². The van der Waals surface area contributed by atoms with Gasteiger partial charge in [-0.25, -0.2) is 0 Å². The Kier molecular flexibility index (Phi) is 4.35. The topological polar surface area (TPSA) is 26.3 Å². The zero-order valence-corrected chi connectivity index (χ0v) is 12.3. The van der Waals surface area contributed by atoms with Gasteiger partial charge in [0.2, 0.25) is 0 Å². The fourth-order valence-electron chi connectivity index (χ4n) is 1.48. The van der Waals surface area contributed by atoms with Gasteiger partial charge in [0.25, 0.3) is 0 Å². The van der Waals surface area contributed by atoms with E-state index in [1.807, 2.05) is 18.2 Å². The second-order valence-electron chi connectivity index (χ2n) is 5.01. The summed E-state index contributed by atoms with van der Waals surface area (Å²) in [5.74, 6) is 0.803. The van der Waals surface area contributed by atoms with Crippen molar-refractivity contribution < 1.29 is 9.53 Å². The molecule has 3 heteroatoms. The first-order valence-corrected chi connectivity index (χ1v) is 6.28. The molecule has 0 spiro atoms. The number of hydrogen-bond acceptors (Lipinski definition) is 2. The van der Waals surface area contributed by atoms with Gasteiger partial charge >= 0.3 is 0 Å². The number of hydrogen-bond donors (Lipinski definition) is 0. The van der Waals surface area contributed by atoms with Crippen LogP contribution in [0, 0.1) is 8.99 Å². The minimum atomic E-state index is 0.00335. The number of Topliss-reactive ketones (excluding diaryl/α,β-unsaturated/α-hetero) is 1. The number of rotatable bonds is 3. The van der Waals surface area contributed by atoms with Crippen molar-refractivity contribution in [2.45, 2.75) is 27.2 Å². The first kappa shape index (κ1) is 13.5. The van der Waals surface area contributed by atoms with Crippen LogP contribution in [0.2, 0.25) is 0 Å². The lowest BCUT2D eigenvalue weighted by atomic mass is 9.87. The van der Waals surface area contributed by atoms with E-state index in [2.05, 4.69) is 43.4 Å². The quantitative estimate of drug-likeness (QED) is 0.619. The molecule has 0 aliphatic carbocycles. The maximum absolute atomic E-state index is 12.1. The van der Waals surface area contributed by atoms with Gasteiger partial charge in [0.1, 0.15) is 5.75 Å². The van der Waals surface area contributed by atoms with Crippen LogP contribution in [0.3, 0.4) is 0 Å². The molecule has 0 heterocycles. The van der Waals surface area contributed by atoms with Crippen LogP contribution in [0.15, 0.2) is 18.2 Å². The molecule has 0 aliphatic heterocycles. The fourth-order valence-corrected chi connectivity index (χ4v) is 1.97. The Balaban J connectivity index is 3.02. The number of carbonyl (C=O) groups excluding carboxylic acids is 1. The molecular formula is C13H17IO2. The van der Waals surface area contributed by atoms with E-state index in [1.165, 1.54) is 0 Å². The van der Waals surface area contributed by atoms with Crippen LogP contribution in [0.5, 0.6) is 5.75 Å². The van der Waals surface area contributed by atoms with Crippen LogP contribution in [0.25, 0.3) is 0 Å². The van der Waals surface area contributed by atoms with Gasteiger partial charge in [0.05, 0.1) is 12.7 Å². The summed E-state index contributed by atoms with van der Waals surface area (Å²) in [7, 11) is 1.59. The molecule has 0 N–H and O–H groups in total. The van der Waals surface area contributed by atoms with Crippen molar-refractivity contribution in [3.8, 4) is 5.75 Å². The molecule has 88 valence electrons. The van der Waals surface area contributed by atoms with Gasteiger partial charge in [-0.1, -0.05) is 20.8 Å². The summed E-state index contributed by atoms with van der Waals surface area (Å²) in [6, 6.07) is 5.67. The largest absolute Gasteiger partial charge is 0.496 e. The van der Waals surface area contributed by atoms with Crippen LogP contribution in [-0.4, -0.2) is 12.9 Å². The lowest BCUT2D eigenvalue weighted by Crippen LogP contribution is -2.14. The first-order valence-electron chi connectivity index (χ1n) is 5.20. The van der Waals surface area contributed by atoms with Crippen LogP contribution in [0.1, 0.15) is 37.6 Å². The summed E-state index contributed by atoms with van der Waals surface area (Å²) in [6.45, 7) is 6.18. The maximum Gasteiger partial charge on any atom is 0.167 e. The van der Waals surface area contributed by atoms with E-state index in [9.17, 15) is 4.79 Å². The van der Waals surface area contributed by atoms with E-state index < -0.39 is 0 Å². The summed E-state index contributed by atoms with van der Waals surface area (Å²) >= 11 is 2.20. The molecule has 0 bridgehead atoms. The molecule has 0 amide bonds. The number of ether oxygens (including phenoxy) is 1. The highest BCUT2D eigenvalue weighted by molar-refractivity contribution is 14.1. The summed E-state index contributed by atoms with van der Waals surface area (Å²) in [5.41, 5.74) is 0.688. The highest BCUT2D eigenvalue weighted by Gasteiger charge is 2.20. The molecular weight excluding hydrogens is 315 g/mol. The van der Waals surface area contributed by atoms with E-state index in [0.29, 0.717) is 17.7 Å². The van der Waals surface area contributed by atoms with Gasteiger partial charge < -0.3 is 4.74 Å². The molecule has 0 aromatic heterocycles. The minimum absolute atomic E-state index is 0.00335. The summed E-state index contributed by atoms with van der Waals surface area (Å²) in [4.78, 5) is 12.1. The Morgan fingerprint density at radius 1 is 1.38 bits per heavy atom. The van der Waals surface area contributed by atoms with Crippen LogP contribution >= 0.6 is 22.6 Å². The van der Waals surface area contributed by atoms with Crippen LogP contribution in [0.4, 0.5) is 0 Å². The van der Waals surface area contributed by atoms with Gasteiger partial charge in [-0.15, -0.1) is 0 Å². The number of methoxy groups -OCH3 is 1. The SMILES string of the molecule is COc1ccc(I)cc1C(=O)CC(C)(C)C. The lowest BCUT2D eigenvalue weighted by Gasteiger charge is -2.17. The van der Waals surface area contributed by atoms with E-state index in [1.54, 1.807) is 7.11 Å². The third kappa shape index (κ3) is 3.77. The number of ketones is 1. The van der Waals surface area contributed by atoms with Crippen molar-refractivity contribution in [1.82, 2.24) is 0 Å². The lowest BCUT2D eigenvalue weighted by molar-refractivity contribution is 0.0937. The molecule has 0 saturated heterocycles. The predicted molar refractivity (Wildman–Crippen MR) is 74.1 cm³/mol. The van der Waals surface area contributed by atoms with Crippen molar-refractivity contribution >= 4 is 28.4 Å². The summed E-state index contributed by atoms with van der Waals surface area (Å²) in [5, 5.41) is 0. The molecule has 0 unspecified atom stereocenters. The molecule has 0 saturated carbocycles. The maximum atomic E-state index is 12.1. The fraction of sp³-hybridized carbons (Fsp3) is 0.462. The van der Waals surface area contributed by atoms with E-state index in [4.69, 9.17) is 4.74 Å². The molecule has 1 rings (SSSR count). The van der Waals surface area contributed by atoms with Gasteiger partial charge in [0, 0.05) is 9.99 Å². The second kappa shape index (κ2) is 5.17. The number of halogens is 1. The van der Waals surface area contributed by atoms with Gasteiger partial charge in [0.15, 0.2) is 5.78 Å². The molecule has 0 fully saturated rings. The molecule has 0 aliphatic rings. The smallest absolute Gasteiger partial charge is 0.167 e. The second-order valence-corrected chi connectivity index (χ2v) is 6.25. The van der Waals surface area contributed by atoms with Crippen molar-refractivity contribution in [1.29, 1.82) is 0 Å². The number of benzene rings is 1. The Hall–Kier alpha value is -0.580. The molecule has 0 radical (unpaired) electrons. The Morgan fingerprint density at radius 2 is 2.00 bits per heavy atom. The van der Waals surface area contributed by atoms with E-state index >= 15 is 0 Å². The zero-order chi connectivity index (χ0) is 12.3. The van der Waals surface area contributed by atoms with Crippen molar-refractivity contribution in [3.63, 3.8) is 0 Å². The minimum Gasteiger partial charge on any atom is -0.496 e. The van der Waals surface area contributed by atoms with Gasteiger partial charge in [-0.05, 0) is 46.2 Å². The van der Waals surface area contributed by atoms with Crippen molar-refractivity contribution in [2.75, 3.05) is 7.11 Å². The van der Waals surface area contributed by atoms with Crippen LogP contribution in [-0.2, 0) is 0 Å². The molecule has 1 aromatic carbocycles. The van der Waals surface area contributed by atoms with E-state index in [0.717, 1.165) is 3.57 Å². The standard InChI is InChI=1S/C13H17IO2/c1-13(2,3)8-11(15)10-7-9(14)5-6-12(10)16-4/h5-7H,8H2,1-4H3. The van der Waals surface area contributed by atoms with Gasteiger partial charge in [-0.3, -0.25) is 4.79 Å². The molecule has 1 aromatic rings. The average molecular weight is 332 g/mol. The first-order chi connectivity index (χ1) is 7.33. The van der Waals surface area contributed by atoms with E-state index in [-0.39, 0.29) is 11.2 Å². The Morgan fingerprint density at radius 3 is 2.50 bits per heavy atom. The average Bonchev–Trinajstić information content (AvgIpc) is 2.15. The Bertz CT molecular complexity index is 391. The highest BCUT2D eigenvalue weighted by atomic mass is 127. The van der Waals surface area contributed by atoms with Crippen LogP contribution < -0.4 is 4.74 Å². The third-order valence-corrected chi connectivity index (χ3v) is 2.82. The zero-order valence-electron chi connectivity index (χ0n) is 10.1. The predicted octanol–water partition coefficient (Wildman–Crippen LogP) is 3.92. The van der Waals surface area contributed by atoms with Crippen molar-refractivity contribution in [2.24, 2.45) is 5.41 Å². The Labute approximate surface area is 111 Å². The monoisotopic (exact) mass is 332 g/mol.